The van der Waals surface area contributed by atoms with Crippen LogP contribution < -0.4 is 14.8 Å². The van der Waals surface area contributed by atoms with Crippen LogP contribution in [0.2, 0.25) is 0 Å². The molecule has 1 saturated carbocycles. The second kappa shape index (κ2) is 18.7. The number of aliphatic hydroxyl groups is 2. The molecule has 0 spiro atoms. The molecule has 10 nitrogen and oxygen atoms in total. The van der Waals surface area contributed by atoms with Gasteiger partial charge in [0.2, 0.25) is 5.79 Å². The first kappa shape index (κ1) is 37.9. The number of hydrogen-bond donors (Lipinski definition) is 3. The lowest BCUT2D eigenvalue weighted by atomic mass is 9.56. The van der Waals surface area contributed by atoms with Crippen molar-refractivity contribution in [2.45, 2.75) is 82.2 Å². The number of ether oxygens (including phenoxy) is 3. The molecule has 1 aromatic heterocycles. The molecule has 0 unspecified atom stereocenters. The maximum Gasteiger partial charge on any atom is 0.412 e. The van der Waals surface area contributed by atoms with Crippen LogP contribution in [0.3, 0.4) is 0 Å². The zero-order valence-electron chi connectivity index (χ0n) is 29.4. The highest BCUT2D eigenvalue weighted by atomic mass is 32.2. The zero-order chi connectivity index (χ0) is 35.3. The number of nitrogens with one attached hydrogen (secondary N) is 1. The molecule has 3 aliphatic rings. The quantitative estimate of drug-likeness (QED) is 0.0818. The summed E-state index contributed by atoms with van der Waals surface area (Å²) >= 11 is 1.83. The Balaban J connectivity index is 1.67. The van der Waals surface area contributed by atoms with Crippen molar-refractivity contribution in [1.82, 2.24) is 10.3 Å². The molecule has 50 heavy (non-hydrogen) atoms. The Hall–Kier alpha value is -3.38. The van der Waals surface area contributed by atoms with E-state index in [1.807, 2.05) is 62.3 Å². The Kier molecular flexibility index (Phi) is 14.2. The number of nitrogens with zero attached hydrogens (tertiary/aromatic N) is 2. The topological polar surface area (TPSA) is 132 Å². The first-order chi connectivity index (χ1) is 24.5. The van der Waals surface area contributed by atoms with Crippen LogP contribution in [0, 0.1) is 17.8 Å². The number of fused-ring (bicyclic) bond motifs is 2. The number of amides is 1. The molecule has 11 heteroatoms. The summed E-state index contributed by atoms with van der Waals surface area (Å²) in [5.41, 5.74) is 4.17. The van der Waals surface area contributed by atoms with Crippen LogP contribution in [-0.4, -0.2) is 76.8 Å². The van der Waals surface area contributed by atoms with Crippen LogP contribution in [0.1, 0.15) is 75.8 Å². The molecule has 2 aliphatic carbocycles. The van der Waals surface area contributed by atoms with Crippen LogP contribution in [0.25, 0.3) is 0 Å². The minimum atomic E-state index is -1.04. The van der Waals surface area contributed by atoms with Gasteiger partial charge in [0.15, 0.2) is 0 Å². The average Bonchev–Trinajstić information content (AvgIpc) is 3.12. The number of unbranched alkanes of at least 4 members (excludes halogenated alkanes) is 2. The van der Waals surface area contributed by atoms with Crippen molar-refractivity contribution in [3.05, 3.63) is 78.2 Å². The van der Waals surface area contributed by atoms with E-state index >= 15 is 0 Å². The van der Waals surface area contributed by atoms with Gasteiger partial charge in [0.05, 0.1) is 23.5 Å². The van der Waals surface area contributed by atoms with Crippen molar-refractivity contribution < 1.29 is 34.1 Å². The van der Waals surface area contributed by atoms with Gasteiger partial charge in [-0.05, 0) is 105 Å². The molecule has 6 atom stereocenters. The molecule has 1 aliphatic heterocycles. The Morgan fingerprint density at radius 1 is 1.14 bits per heavy atom. The summed E-state index contributed by atoms with van der Waals surface area (Å²) in [4.78, 5) is 22.5. The van der Waals surface area contributed by atoms with E-state index in [1.54, 1.807) is 12.1 Å². The Morgan fingerprint density at radius 3 is 2.64 bits per heavy atom. The van der Waals surface area contributed by atoms with E-state index < -0.39 is 11.9 Å². The van der Waals surface area contributed by atoms with Crippen LogP contribution in [0.5, 0.6) is 11.5 Å². The molecular formula is C39H53N3O7S. The van der Waals surface area contributed by atoms with E-state index in [0.717, 1.165) is 61.1 Å². The minimum absolute atomic E-state index is 0.0744. The van der Waals surface area contributed by atoms with E-state index in [1.165, 1.54) is 5.56 Å². The van der Waals surface area contributed by atoms with Crippen molar-refractivity contribution in [3.8, 4) is 11.5 Å². The van der Waals surface area contributed by atoms with Crippen molar-refractivity contribution in [2.24, 2.45) is 22.9 Å². The number of pyridine rings is 1. The number of carbonyl (C=O) groups is 1. The summed E-state index contributed by atoms with van der Waals surface area (Å²) in [6.07, 6.45) is 13.7. The van der Waals surface area contributed by atoms with E-state index in [2.05, 4.69) is 23.0 Å². The van der Waals surface area contributed by atoms with Crippen LogP contribution in [-0.2, 0) is 16.0 Å². The maximum absolute atomic E-state index is 12.5. The summed E-state index contributed by atoms with van der Waals surface area (Å²) in [5, 5.41) is 26.8. The largest absolute Gasteiger partial charge is 0.460 e. The molecular weight excluding hydrogens is 655 g/mol. The lowest BCUT2D eigenvalue weighted by Crippen LogP contribution is -2.64. The van der Waals surface area contributed by atoms with Crippen molar-refractivity contribution in [3.63, 3.8) is 0 Å². The van der Waals surface area contributed by atoms with Gasteiger partial charge < -0.3 is 34.6 Å². The molecule has 272 valence electrons. The molecule has 2 aromatic rings. The van der Waals surface area contributed by atoms with Crippen LogP contribution in [0.4, 0.5) is 4.79 Å². The Bertz CT molecular complexity index is 1470. The number of aryl methyl sites for hydroxylation is 1. The molecule has 1 amide bonds. The molecule has 0 radical (unpaired) electrons. The van der Waals surface area contributed by atoms with Gasteiger partial charge in [0, 0.05) is 50.1 Å². The molecule has 1 fully saturated rings. The molecule has 3 N–H and O–H groups in total. The highest BCUT2D eigenvalue weighted by Gasteiger charge is 2.63. The van der Waals surface area contributed by atoms with E-state index in [9.17, 15) is 15.0 Å². The number of aromatic nitrogens is 1. The third-order valence-electron chi connectivity index (χ3n) is 9.92. The van der Waals surface area contributed by atoms with Gasteiger partial charge in [-0.25, -0.2) is 4.79 Å². The fraction of sp³-hybridized carbons (Fsp3) is 0.564. The lowest BCUT2D eigenvalue weighted by Gasteiger charge is -2.58. The molecule has 0 saturated heterocycles. The van der Waals surface area contributed by atoms with Gasteiger partial charge in [-0.15, -0.1) is 6.58 Å². The summed E-state index contributed by atoms with van der Waals surface area (Å²) in [5.74, 6) is 0.981. The van der Waals surface area contributed by atoms with Gasteiger partial charge in [0.25, 0.3) is 0 Å². The van der Waals surface area contributed by atoms with Crippen LogP contribution >= 0.6 is 11.8 Å². The van der Waals surface area contributed by atoms with Crippen molar-refractivity contribution in [2.75, 3.05) is 38.7 Å². The summed E-state index contributed by atoms with van der Waals surface area (Å²) in [6.45, 7) is 9.29. The molecule has 0 bridgehead atoms. The number of oxime groups is 1. The number of aliphatic hydroxyl groups excluding tert-OH is 2. The maximum atomic E-state index is 12.5. The highest BCUT2D eigenvalue weighted by Crippen LogP contribution is 2.62. The number of allylic oxidation sites excluding steroid dienone is 1. The first-order valence-electron chi connectivity index (χ1n) is 18.2. The monoisotopic (exact) mass is 707 g/mol. The molecule has 2 heterocycles. The third-order valence-corrected chi connectivity index (χ3v) is 11.3. The number of hydrogen-bond acceptors (Lipinski definition) is 10. The standard InChI is InChI=1S/C39H53N3O7S/c1-4-22-46-39-35(50-23-17-27-15-18-40-19-16-27)26-33(42-47-6-3)31-24-28(11-7-9-20-43)30(12-8-10-21-44)36(37(31)39)32-25-29(13-14-34(32)49-39)48-38(45)41-5-2/h4,13-16,18-19,24-25,28,30,35-37,43-44H,1,5-12,17,20-23,26H2,2-3H3,(H,41,45)/t28-,30+,35-,36+,37+,39+/m0/s1. The third kappa shape index (κ3) is 8.73. The van der Waals surface area contributed by atoms with Crippen molar-refractivity contribution in [1.29, 1.82) is 0 Å². The van der Waals surface area contributed by atoms with E-state index in [-0.39, 0.29) is 42.1 Å². The highest BCUT2D eigenvalue weighted by molar-refractivity contribution is 8.00. The van der Waals surface area contributed by atoms with Crippen molar-refractivity contribution >= 4 is 23.6 Å². The van der Waals surface area contributed by atoms with Gasteiger partial charge in [-0.3, -0.25) is 4.98 Å². The SMILES string of the molecule is C=CCO[C@@]12Oc3ccc(OC(=O)NCC)cc3[C@H]3[C@H](CCCCO)[C@@H](CCCCO)C=C(C(=NOCC)C[C@@H]1SCCc1ccncc1)[C@H]32. The fourth-order valence-corrected chi connectivity index (χ4v) is 9.25. The average molecular weight is 708 g/mol. The summed E-state index contributed by atoms with van der Waals surface area (Å²) in [7, 11) is 0. The number of benzene rings is 1. The predicted molar refractivity (Wildman–Crippen MR) is 197 cm³/mol. The molecule has 5 rings (SSSR count). The zero-order valence-corrected chi connectivity index (χ0v) is 30.2. The summed E-state index contributed by atoms with van der Waals surface area (Å²) in [6, 6.07) is 9.75. The smallest absolute Gasteiger partial charge is 0.412 e. The fourth-order valence-electron chi connectivity index (χ4n) is 7.84. The van der Waals surface area contributed by atoms with E-state index in [0.29, 0.717) is 44.1 Å². The predicted octanol–water partition coefficient (Wildman–Crippen LogP) is 6.82. The van der Waals surface area contributed by atoms with Gasteiger partial charge in [-0.2, -0.15) is 11.8 Å². The number of rotatable bonds is 19. The number of thioether (sulfide) groups is 1. The molecule has 1 aromatic carbocycles. The second-order valence-electron chi connectivity index (χ2n) is 13.1. The normalized spacial score (nSPS) is 25.9. The second-order valence-corrected chi connectivity index (χ2v) is 14.4. The first-order valence-corrected chi connectivity index (χ1v) is 19.2. The number of carbonyl (C=O) groups excluding carboxylic acids is 1. The Morgan fingerprint density at radius 2 is 1.92 bits per heavy atom. The van der Waals surface area contributed by atoms with Gasteiger partial charge in [0.1, 0.15) is 18.1 Å². The van der Waals surface area contributed by atoms with Gasteiger partial charge >= 0.3 is 6.09 Å². The van der Waals surface area contributed by atoms with Gasteiger partial charge in [-0.1, -0.05) is 30.1 Å². The van der Waals surface area contributed by atoms with E-state index in [4.69, 9.17) is 24.2 Å². The minimum Gasteiger partial charge on any atom is -0.460 e. The van der Waals surface area contributed by atoms with Crippen LogP contribution in [0.15, 0.2) is 72.2 Å². The summed E-state index contributed by atoms with van der Waals surface area (Å²) < 4.78 is 19.9. The lowest BCUT2D eigenvalue weighted by molar-refractivity contribution is -0.223. The Labute approximate surface area is 300 Å².